The Hall–Kier alpha value is -2.44. The summed E-state index contributed by atoms with van der Waals surface area (Å²) in [6, 6.07) is 23.7. The molecule has 48 heavy (non-hydrogen) atoms. The first-order valence-corrected chi connectivity index (χ1v) is 18.0. The third-order valence-electron chi connectivity index (χ3n) is 9.92. The molecule has 4 unspecified atom stereocenters. The van der Waals surface area contributed by atoms with Crippen LogP contribution in [0.25, 0.3) is 12.2 Å². The van der Waals surface area contributed by atoms with Gasteiger partial charge in [-0.3, -0.25) is 0 Å². The summed E-state index contributed by atoms with van der Waals surface area (Å²) in [4.78, 5) is 4.28. The second kappa shape index (κ2) is 18.0. The Morgan fingerprint density at radius 3 is 1.67 bits per heavy atom. The molecule has 4 nitrogen and oxygen atoms in total. The Morgan fingerprint density at radius 2 is 1.21 bits per heavy atom. The molecule has 0 aromatic heterocycles. The van der Waals surface area contributed by atoms with Crippen molar-refractivity contribution < 1.29 is 10.2 Å². The van der Waals surface area contributed by atoms with Crippen LogP contribution >= 0.6 is 23.2 Å². The maximum absolute atomic E-state index is 11.8. The molecule has 0 bridgehead atoms. The van der Waals surface area contributed by atoms with Gasteiger partial charge >= 0.3 is 0 Å². The minimum absolute atomic E-state index is 0.0350. The number of benzene rings is 3. The van der Waals surface area contributed by atoms with Crippen LogP contribution in [-0.4, -0.2) is 66.9 Å². The highest BCUT2D eigenvalue weighted by molar-refractivity contribution is 6.30. The van der Waals surface area contributed by atoms with Crippen molar-refractivity contribution in [3.05, 3.63) is 116 Å². The van der Waals surface area contributed by atoms with E-state index in [1.165, 1.54) is 12.8 Å². The maximum Gasteiger partial charge on any atom is 0.114 e. The lowest BCUT2D eigenvalue weighted by atomic mass is 9.71. The highest BCUT2D eigenvalue weighted by Gasteiger charge is 2.44. The molecule has 4 atom stereocenters. The molecule has 1 aliphatic rings. The predicted molar refractivity (Wildman–Crippen MR) is 208 cm³/mol. The first-order valence-electron chi connectivity index (χ1n) is 17.3. The molecule has 1 fully saturated rings. The Kier molecular flexibility index (Phi) is 15.0. The highest BCUT2D eigenvalue weighted by atomic mass is 35.5. The minimum Gasteiger partial charge on any atom is -0.385 e. The van der Waals surface area contributed by atoms with E-state index in [0.29, 0.717) is 10.9 Å². The monoisotopic (exact) mass is 692 g/mol. The maximum atomic E-state index is 11.8. The van der Waals surface area contributed by atoms with Crippen LogP contribution in [0.5, 0.6) is 0 Å². The van der Waals surface area contributed by atoms with E-state index in [1.807, 2.05) is 87.8 Å². The van der Waals surface area contributed by atoms with E-state index < -0.39 is 11.2 Å². The third kappa shape index (κ3) is 10.5. The zero-order valence-electron chi connectivity index (χ0n) is 30.6. The number of aliphatic hydroxyl groups is 2. The Labute approximate surface area is 301 Å². The number of hydrogen-bond donors (Lipinski definition) is 2. The molecule has 0 aliphatic heterocycles. The standard InChI is InChI=1S/C22H28ClNO.C20H30ClNO/c1-16-7-6-8-20(13-16)22(25,18(3)15-24(4)5)17(2)14-19-9-11-21(23)12-10-19;1-15(13-17-9-11-19(21)12-10-17)20(23,16(2)14-22(3)4)18-7-5-6-8-18/h6-14,18,25H,15H2,1-5H3;9-13,16,18,23H,5-8,14H2,1-4H3. The molecular weight excluding hydrogens is 635 g/mol. The Morgan fingerprint density at radius 1 is 0.750 bits per heavy atom. The predicted octanol–water partition coefficient (Wildman–Crippen LogP) is 10.00. The van der Waals surface area contributed by atoms with Gasteiger partial charge in [-0.25, -0.2) is 0 Å². The minimum atomic E-state index is -1.03. The van der Waals surface area contributed by atoms with Gasteiger partial charge in [0.25, 0.3) is 0 Å². The van der Waals surface area contributed by atoms with Gasteiger partial charge in [0, 0.05) is 35.0 Å². The lowest BCUT2D eigenvalue weighted by molar-refractivity contribution is -0.0350. The lowest BCUT2D eigenvalue weighted by Gasteiger charge is -2.41. The molecular formula is C42H58Cl2N2O2. The molecule has 0 heterocycles. The first kappa shape index (κ1) is 40.0. The fourth-order valence-corrected chi connectivity index (χ4v) is 7.72. The molecule has 0 radical (unpaired) electrons. The van der Waals surface area contributed by atoms with Gasteiger partial charge in [0.05, 0.1) is 5.60 Å². The van der Waals surface area contributed by atoms with Crippen LogP contribution in [0.15, 0.2) is 83.9 Å². The quantitative estimate of drug-likeness (QED) is 0.198. The summed E-state index contributed by atoms with van der Waals surface area (Å²) in [7, 11) is 8.21. The molecule has 3 aromatic carbocycles. The van der Waals surface area contributed by atoms with Gasteiger partial charge in [0.15, 0.2) is 0 Å². The molecule has 2 N–H and O–H groups in total. The van der Waals surface area contributed by atoms with Crippen LogP contribution in [0.1, 0.15) is 75.6 Å². The number of rotatable bonds is 12. The SMILES string of the molecule is CC(=Cc1ccc(Cl)cc1)C(O)(C(C)CN(C)C)C1CCCC1.CC(=Cc1ccc(Cl)cc1)C(O)(c1cccc(C)c1)C(C)CN(C)C. The fourth-order valence-electron chi connectivity index (χ4n) is 7.47. The number of nitrogens with zero attached hydrogens (tertiary/aromatic N) is 2. The van der Waals surface area contributed by atoms with Gasteiger partial charge in [-0.2, -0.15) is 0 Å². The van der Waals surface area contributed by atoms with E-state index in [9.17, 15) is 10.2 Å². The van der Waals surface area contributed by atoms with E-state index in [4.69, 9.17) is 23.2 Å². The number of aryl methyl sites for hydroxylation is 1. The second-order valence-electron chi connectivity index (χ2n) is 14.5. The Balaban J connectivity index is 0.000000261. The van der Waals surface area contributed by atoms with Gasteiger partial charge in [0.1, 0.15) is 5.60 Å². The van der Waals surface area contributed by atoms with Crippen LogP contribution in [0.4, 0.5) is 0 Å². The van der Waals surface area contributed by atoms with E-state index in [-0.39, 0.29) is 11.8 Å². The fraction of sp³-hybridized carbons (Fsp3) is 0.476. The van der Waals surface area contributed by atoms with Gasteiger partial charge in [-0.15, -0.1) is 0 Å². The van der Waals surface area contributed by atoms with Crippen LogP contribution in [0, 0.1) is 24.7 Å². The van der Waals surface area contributed by atoms with Crippen LogP contribution in [-0.2, 0) is 5.60 Å². The largest absolute Gasteiger partial charge is 0.385 e. The van der Waals surface area contributed by atoms with E-state index in [2.05, 4.69) is 69.8 Å². The molecule has 3 aromatic rings. The molecule has 6 heteroatoms. The number of halogens is 2. The van der Waals surface area contributed by atoms with Crippen LogP contribution < -0.4 is 0 Å². The Bertz CT molecular complexity index is 1490. The van der Waals surface area contributed by atoms with Crippen molar-refractivity contribution in [2.24, 2.45) is 17.8 Å². The summed E-state index contributed by atoms with van der Waals surface area (Å²) in [6.07, 6.45) is 8.89. The molecule has 0 amide bonds. The van der Waals surface area contributed by atoms with Crippen molar-refractivity contribution >= 4 is 35.4 Å². The van der Waals surface area contributed by atoms with Crippen LogP contribution in [0.2, 0.25) is 10.0 Å². The van der Waals surface area contributed by atoms with Crippen LogP contribution in [0.3, 0.4) is 0 Å². The summed E-state index contributed by atoms with van der Waals surface area (Å²) in [5.74, 6) is 0.595. The molecule has 1 aliphatic carbocycles. The van der Waals surface area contributed by atoms with Crippen molar-refractivity contribution in [3.8, 4) is 0 Å². The van der Waals surface area contributed by atoms with Crippen molar-refractivity contribution in [3.63, 3.8) is 0 Å². The molecule has 262 valence electrons. The van der Waals surface area contributed by atoms with Gasteiger partial charge in [0.2, 0.25) is 0 Å². The smallest absolute Gasteiger partial charge is 0.114 e. The summed E-state index contributed by atoms with van der Waals surface area (Å²) < 4.78 is 0. The lowest BCUT2D eigenvalue weighted by Crippen LogP contribution is -2.47. The van der Waals surface area contributed by atoms with E-state index in [1.54, 1.807) is 0 Å². The summed E-state index contributed by atoms with van der Waals surface area (Å²) in [6.45, 7) is 12.1. The van der Waals surface area contributed by atoms with E-state index >= 15 is 0 Å². The third-order valence-corrected chi connectivity index (χ3v) is 10.4. The molecule has 0 spiro atoms. The van der Waals surface area contributed by atoms with Crippen molar-refractivity contribution in [2.45, 2.75) is 71.5 Å². The first-order chi connectivity index (χ1) is 22.6. The van der Waals surface area contributed by atoms with E-state index in [0.717, 1.165) is 64.4 Å². The second-order valence-corrected chi connectivity index (χ2v) is 15.4. The molecule has 0 saturated heterocycles. The number of hydrogen-bond acceptors (Lipinski definition) is 4. The van der Waals surface area contributed by atoms with Crippen molar-refractivity contribution in [1.29, 1.82) is 0 Å². The van der Waals surface area contributed by atoms with Crippen molar-refractivity contribution in [1.82, 2.24) is 9.80 Å². The summed E-state index contributed by atoms with van der Waals surface area (Å²) in [5.41, 5.74) is 4.44. The normalized spacial score (nSPS) is 18.2. The molecule has 1 saturated carbocycles. The zero-order chi connectivity index (χ0) is 35.6. The summed E-state index contributed by atoms with van der Waals surface area (Å²) >= 11 is 12.0. The average Bonchev–Trinajstić information content (AvgIpc) is 3.58. The summed E-state index contributed by atoms with van der Waals surface area (Å²) in [5, 5.41) is 24.9. The zero-order valence-corrected chi connectivity index (χ0v) is 32.1. The van der Waals surface area contributed by atoms with Gasteiger partial charge in [-0.1, -0.05) is 116 Å². The topological polar surface area (TPSA) is 46.9 Å². The highest BCUT2D eigenvalue weighted by Crippen LogP contribution is 2.44. The molecule has 4 rings (SSSR count). The average molecular weight is 694 g/mol. The van der Waals surface area contributed by atoms with Gasteiger partial charge < -0.3 is 20.0 Å². The van der Waals surface area contributed by atoms with Gasteiger partial charge in [-0.05, 0) is 120 Å². The van der Waals surface area contributed by atoms with Crippen molar-refractivity contribution in [2.75, 3.05) is 41.3 Å².